The van der Waals surface area contributed by atoms with E-state index >= 15 is 0 Å². The number of aliphatic hydroxyl groups excluding tert-OH is 1. The Morgan fingerprint density at radius 3 is 1.18 bits per heavy atom. The van der Waals surface area contributed by atoms with Crippen LogP contribution in [0.2, 0.25) is 0 Å². The van der Waals surface area contributed by atoms with E-state index in [1.807, 2.05) is 0 Å². The van der Waals surface area contributed by atoms with Crippen LogP contribution in [0.4, 0.5) is 49.1 Å². The molecular formula is C44H52F6N4Na2O19S. The standard InChI is InChI=1S/C13H15F2NO5.C12H13F2NO5.C9H9F2NO3.C9H9NO4.CH4O.2Na.H2O.H2S/c1-4-13(14,15)10-7-9(16(18)19)5-6-11(10)21-8(2)12(17)20-3;1-3-12(13,14)9-6-8(15(18)19)4-5-10(9)20-7(2)11(16)17;1-2-9(10,11)7-5-6(12(14)15)3-4-8(7)13;1-2-8(11)7-5-6(10(13)14)3-4-9(7)12;1-2;;;;/h5-8H,4H2,1-3H3;4-7H,3H2,1-2H3,(H,16,17);3-5,13H,2H2,1H3;3-5,12H,2H2,1H3;2H,1H3;;;2*1H2/q;;;;;2*+1;;/p-2/t8-;7-;;;;;;;/m00......./s1. The van der Waals surface area contributed by atoms with Gasteiger partial charge in [0, 0.05) is 81.3 Å². The van der Waals surface area contributed by atoms with E-state index in [4.69, 9.17) is 14.6 Å². The van der Waals surface area contributed by atoms with E-state index in [-0.39, 0.29) is 113 Å². The van der Waals surface area contributed by atoms with Crippen LogP contribution in [-0.4, -0.2) is 84.6 Å². The number of Topliss-reactive ketones (excluding diaryl/α,β-unsaturated/α-hetero) is 1. The number of esters is 1. The van der Waals surface area contributed by atoms with Gasteiger partial charge >= 0.3 is 65.1 Å². The molecule has 0 unspecified atom stereocenters. The summed E-state index contributed by atoms with van der Waals surface area (Å²) in [6.07, 6.45) is -4.05. The Labute approximate surface area is 480 Å². The van der Waals surface area contributed by atoms with Crippen LogP contribution in [0.3, 0.4) is 0 Å². The number of carbonyl (C=O) groups is 3. The summed E-state index contributed by atoms with van der Waals surface area (Å²) in [5.74, 6) is -14.1. The summed E-state index contributed by atoms with van der Waals surface area (Å²) in [4.78, 5) is 72.2. The van der Waals surface area contributed by atoms with Crippen molar-refractivity contribution in [2.45, 2.75) is 97.2 Å². The van der Waals surface area contributed by atoms with Gasteiger partial charge in [0.05, 0.1) is 55.0 Å². The predicted molar refractivity (Wildman–Crippen MR) is 251 cm³/mol. The summed E-state index contributed by atoms with van der Waals surface area (Å²) in [5, 5.41) is 78.1. The second kappa shape index (κ2) is 36.2. The Morgan fingerprint density at radius 2 is 0.868 bits per heavy atom. The van der Waals surface area contributed by atoms with Gasteiger partial charge in [-0.05, 0) is 38.1 Å². The Morgan fingerprint density at radius 1 is 0.566 bits per heavy atom. The van der Waals surface area contributed by atoms with E-state index in [0.717, 1.165) is 81.8 Å². The molecule has 2 atom stereocenters. The molecule has 0 aliphatic heterocycles. The largest absolute Gasteiger partial charge is 1.00 e. The van der Waals surface area contributed by atoms with Crippen molar-refractivity contribution in [1.82, 2.24) is 0 Å². The molecule has 0 bridgehead atoms. The molecule has 76 heavy (non-hydrogen) atoms. The van der Waals surface area contributed by atoms with Crippen LogP contribution in [-0.2, 0) is 32.1 Å². The number of aliphatic hydroxyl groups is 1. The maximum atomic E-state index is 13.9. The first kappa shape index (κ1) is 79.0. The molecular weight excluding hydrogens is 1080 g/mol. The number of hydrogen-bond donors (Lipinski definition) is 3. The molecule has 23 nitrogen and oxygen atoms in total. The molecule has 0 saturated carbocycles. The van der Waals surface area contributed by atoms with E-state index in [9.17, 15) is 96.5 Å². The molecule has 32 heteroatoms. The number of nitro benzene ring substituents is 4. The smallest absolute Gasteiger partial charge is 0.870 e. The molecule has 0 spiro atoms. The third kappa shape index (κ3) is 24.0. The van der Waals surface area contributed by atoms with Gasteiger partial charge in [0.15, 0.2) is 11.9 Å². The number of methoxy groups -OCH3 is 1. The molecule has 0 heterocycles. The number of alkyl halides is 6. The van der Waals surface area contributed by atoms with E-state index in [0.29, 0.717) is 12.1 Å². The van der Waals surface area contributed by atoms with E-state index in [1.165, 1.54) is 27.7 Å². The quantitative estimate of drug-likeness (QED) is 0.0322. The molecule has 0 aliphatic rings. The fourth-order valence-corrected chi connectivity index (χ4v) is 5.24. The van der Waals surface area contributed by atoms with Gasteiger partial charge in [-0.15, -0.1) is 0 Å². The van der Waals surface area contributed by atoms with E-state index in [1.54, 1.807) is 6.92 Å². The molecule has 4 aromatic rings. The van der Waals surface area contributed by atoms with Crippen molar-refractivity contribution in [3.05, 3.63) is 136 Å². The van der Waals surface area contributed by atoms with Crippen molar-refractivity contribution in [2.75, 3.05) is 14.2 Å². The number of rotatable bonds is 18. The number of carbonyl (C=O) groups excluding carboxylic acids is 3. The molecule has 0 saturated heterocycles. The number of carboxylic acids is 1. The minimum Gasteiger partial charge on any atom is -0.870 e. The van der Waals surface area contributed by atoms with Gasteiger partial charge in [0.2, 0.25) is 0 Å². The summed E-state index contributed by atoms with van der Waals surface area (Å²) in [5.41, 5.74) is -3.72. The van der Waals surface area contributed by atoms with Gasteiger partial charge in [0.1, 0.15) is 29.1 Å². The summed E-state index contributed by atoms with van der Waals surface area (Å²) in [7, 11) is 2.14. The average Bonchev–Trinajstić information content (AvgIpc) is 3.34. The first-order valence-corrected chi connectivity index (χ1v) is 20.6. The summed E-state index contributed by atoms with van der Waals surface area (Å²) >= 11 is 0. The van der Waals surface area contributed by atoms with Crippen LogP contribution in [0, 0.1) is 40.5 Å². The molecule has 0 aromatic heterocycles. The monoisotopic (exact) mass is 1130 g/mol. The number of carboxylic acid groups (broad SMARTS) is 1. The number of phenolic OH excluding ortho intramolecular Hbond substituents is 2. The molecule has 0 aliphatic carbocycles. The SMILES string of the molecule is CCC(=O)c1cc([N+](=O)[O-])ccc1O.CCC(F)(F)c1cc([N+](=O)[O-])ccc1O.CCC(F)(F)c1cc([N+](=O)[O-])ccc1O[C@@H](C)C(=O)OC.CCC(F)(F)c1cc([N+](=O)[O-])ccc1O[C@@H](C)C(=O)[O-].CO.S.[Na+].[Na+].[OH-]. The minimum absolute atomic E-state index is 0. The zero-order valence-electron chi connectivity index (χ0n) is 42.4. The summed E-state index contributed by atoms with van der Waals surface area (Å²) in [6, 6.07) is 11.4. The van der Waals surface area contributed by atoms with Crippen LogP contribution >= 0.6 is 13.5 Å². The number of aromatic hydroxyl groups is 2. The maximum Gasteiger partial charge on any atom is 1.00 e. The van der Waals surface area contributed by atoms with Gasteiger partial charge in [0.25, 0.3) is 40.5 Å². The van der Waals surface area contributed by atoms with Crippen molar-refractivity contribution in [3.63, 3.8) is 0 Å². The van der Waals surface area contributed by atoms with Crippen LogP contribution in [0.1, 0.15) is 94.3 Å². The first-order valence-electron chi connectivity index (χ1n) is 20.6. The molecule has 0 fully saturated rings. The predicted octanol–water partition coefficient (Wildman–Crippen LogP) is 2.90. The number of phenols is 2. The summed E-state index contributed by atoms with van der Waals surface area (Å²) < 4.78 is 96.2. The van der Waals surface area contributed by atoms with Crippen LogP contribution < -0.4 is 73.7 Å². The topological polar surface area (TPSA) is 365 Å². The van der Waals surface area contributed by atoms with E-state index < -0.39 is 126 Å². The van der Waals surface area contributed by atoms with Gasteiger partial charge in [-0.1, -0.05) is 27.7 Å². The molecule has 0 amide bonds. The Hall–Kier alpha value is -5.86. The number of ether oxygens (including phenoxy) is 3. The van der Waals surface area contributed by atoms with Crippen LogP contribution in [0.5, 0.6) is 23.0 Å². The summed E-state index contributed by atoms with van der Waals surface area (Å²) in [6.45, 7) is 7.75. The van der Waals surface area contributed by atoms with Crippen molar-refractivity contribution in [1.29, 1.82) is 0 Å². The van der Waals surface area contributed by atoms with Gasteiger partial charge in [-0.3, -0.25) is 45.3 Å². The Balaban J connectivity index is -0.000000290. The third-order valence-electron chi connectivity index (χ3n) is 9.34. The maximum absolute atomic E-state index is 13.9. The van der Waals surface area contributed by atoms with Gasteiger partial charge in [-0.2, -0.15) is 13.5 Å². The van der Waals surface area contributed by atoms with Gasteiger partial charge in [-0.25, -0.2) is 31.1 Å². The first-order chi connectivity index (χ1) is 33.3. The number of non-ortho nitro benzene ring substituents is 4. The molecule has 4 aromatic carbocycles. The third-order valence-corrected chi connectivity index (χ3v) is 9.34. The number of halogens is 6. The fourth-order valence-electron chi connectivity index (χ4n) is 5.24. The second-order valence-electron chi connectivity index (χ2n) is 14.1. The molecule has 412 valence electrons. The zero-order valence-corrected chi connectivity index (χ0v) is 47.4. The van der Waals surface area contributed by atoms with Crippen LogP contribution in [0.15, 0.2) is 72.8 Å². The Bertz CT molecular complexity index is 2570. The molecule has 4 rings (SSSR count). The number of ketones is 1. The fraction of sp³-hybridized carbons (Fsp3) is 0.386. The number of nitrogens with zero attached hydrogens (tertiary/aromatic N) is 4. The second-order valence-corrected chi connectivity index (χ2v) is 14.1. The molecule has 0 radical (unpaired) electrons. The van der Waals surface area contributed by atoms with E-state index in [2.05, 4.69) is 4.74 Å². The number of hydrogen-bond acceptors (Lipinski definition) is 19. The van der Waals surface area contributed by atoms with Crippen molar-refractivity contribution >= 4 is 54.0 Å². The molecule has 4 N–H and O–H groups in total. The minimum atomic E-state index is -3.37. The van der Waals surface area contributed by atoms with Gasteiger partial charge < -0.3 is 44.9 Å². The zero-order chi connectivity index (χ0) is 56.1. The number of benzene rings is 4. The number of aliphatic carboxylic acids is 1. The van der Waals surface area contributed by atoms with Crippen molar-refractivity contribution < 1.29 is 160 Å². The number of nitro groups is 4. The normalized spacial score (nSPS) is 11.0. The van der Waals surface area contributed by atoms with Crippen LogP contribution in [0.25, 0.3) is 0 Å². The Kier molecular flexibility index (Phi) is 37.7. The van der Waals surface area contributed by atoms with Crippen molar-refractivity contribution in [2.24, 2.45) is 0 Å². The average molecular weight is 1130 g/mol. The van der Waals surface area contributed by atoms with Crippen molar-refractivity contribution in [3.8, 4) is 23.0 Å².